The van der Waals surface area contributed by atoms with Crippen LogP contribution in [0.25, 0.3) is 10.1 Å². The van der Waals surface area contributed by atoms with Crippen molar-refractivity contribution < 1.29 is 4.79 Å². The fourth-order valence-electron chi connectivity index (χ4n) is 2.43. The quantitative estimate of drug-likeness (QED) is 0.823. The third kappa shape index (κ3) is 2.01. The molecular weight excluding hydrogens is 230 g/mol. The number of ketones is 1. The minimum absolute atomic E-state index is 0.0294. The molecule has 0 aliphatic carbocycles. The molecule has 1 aliphatic heterocycles. The highest BCUT2D eigenvalue weighted by molar-refractivity contribution is 7.17. The number of rotatable bonds is 2. The minimum Gasteiger partial charge on any atom is -0.307 e. The third-order valence-corrected chi connectivity index (χ3v) is 4.34. The second kappa shape index (κ2) is 4.59. The van der Waals surface area contributed by atoms with Crippen LogP contribution >= 0.6 is 11.3 Å². The zero-order chi connectivity index (χ0) is 11.7. The summed E-state index contributed by atoms with van der Waals surface area (Å²) < 4.78 is 1.20. The molecule has 88 valence electrons. The second-order valence-electron chi connectivity index (χ2n) is 4.51. The number of nitrogens with one attached hydrogen (secondary N) is 1. The maximum absolute atomic E-state index is 12.4. The van der Waals surface area contributed by atoms with Crippen molar-refractivity contribution in [2.75, 3.05) is 6.54 Å². The Balaban J connectivity index is 1.95. The summed E-state index contributed by atoms with van der Waals surface area (Å²) in [5.74, 6) is 0.266. The van der Waals surface area contributed by atoms with E-state index in [2.05, 4.69) is 11.4 Å². The van der Waals surface area contributed by atoms with Crippen molar-refractivity contribution in [3.05, 3.63) is 35.2 Å². The topological polar surface area (TPSA) is 29.1 Å². The van der Waals surface area contributed by atoms with Crippen molar-refractivity contribution in [2.45, 2.75) is 25.3 Å². The molecule has 0 radical (unpaired) electrons. The largest absolute Gasteiger partial charge is 0.307 e. The molecule has 0 spiro atoms. The standard InChI is InChI=1S/C14H15NOS/c16-14(12-6-3-4-8-15-12)11-9-17-13-7-2-1-5-10(11)13/h1-2,5,7,9,12,15H,3-4,6,8H2. The molecule has 2 heterocycles. The molecule has 1 saturated heterocycles. The highest BCUT2D eigenvalue weighted by atomic mass is 32.1. The Labute approximate surface area is 105 Å². The summed E-state index contributed by atoms with van der Waals surface area (Å²) in [7, 11) is 0. The van der Waals surface area contributed by atoms with Crippen LogP contribution in [0.1, 0.15) is 29.6 Å². The van der Waals surface area contributed by atoms with Gasteiger partial charge < -0.3 is 5.32 Å². The average Bonchev–Trinajstić information content (AvgIpc) is 2.83. The fourth-order valence-corrected chi connectivity index (χ4v) is 3.38. The SMILES string of the molecule is O=C(c1csc2ccccc12)C1CCCCN1. The number of carbonyl (C=O) groups is 1. The number of hydrogen-bond acceptors (Lipinski definition) is 3. The molecule has 17 heavy (non-hydrogen) atoms. The smallest absolute Gasteiger partial charge is 0.181 e. The van der Waals surface area contributed by atoms with Gasteiger partial charge >= 0.3 is 0 Å². The Bertz CT molecular complexity index is 540. The molecule has 1 atom stereocenters. The third-order valence-electron chi connectivity index (χ3n) is 3.37. The average molecular weight is 245 g/mol. The zero-order valence-corrected chi connectivity index (χ0v) is 10.4. The molecule has 0 amide bonds. The molecule has 0 bridgehead atoms. The fraction of sp³-hybridized carbons (Fsp3) is 0.357. The van der Waals surface area contributed by atoms with Crippen LogP contribution in [-0.2, 0) is 0 Å². The van der Waals surface area contributed by atoms with Crippen LogP contribution in [-0.4, -0.2) is 18.4 Å². The van der Waals surface area contributed by atoms with Gasteiger partial charge in [0.05, 0.1) is 6.04 Å². The Hall–Kier alpha value is -1.19. The molecular formula is C14H15NOS. The van der Waals surface area contributed by atoms with E-state index >= 15 is 0 Å². The van der Waals surface area contributed by atoms with Crippen molar-refractivity contribution >= 4 is 27.2 Å². The number of piperidine rings is 1. The number of carbonyl (C=O) groups excluding carboxylic acids is 1. The summed E-state index contributed by atoms with van der Waals surface area (Å²) in [4.78, 5) is 12.4. The summed E-state index contributed by atoms with van der Waals surface area (Å²) in [5, 5.41) is 6.44. The predicted octanol–water partition coefficient (Wildman–Crippen LogP) is 3.23. The van der Waals surface area contributed by atoms with E-state index in [0.29, 0.717) is 0 Å². The van der Waals surface area contributed by atoms with Gasteiger partial charge in [-0.3, -0.25) is 4.79 Å². The van der Waals surface area contributed by atoms with Crippen LogP contribution in [0, 0.1) is 0 Å². The number of benzene rings is 1. The van der Waals surface area contributed by atoms with E-state index in [1.807, 2.05) is 23.6 Å². The van der Waals surface area contributed by atoms with Crippen LogP contribution < -0.4 is 5.32 Å². The highest BCUT2D eigenvalue weighted by Crippen LogP contribution is 2.27. The van der Waals surface area contributed by atoms with Gasteiger partial charge in [0.25, 0.3) is 0 Å². The van der Waals surface area contributed by atoms with E-state index in [9.17, 15) is 4.79 Å². The normalized spacial score (nSPS) is 20.6. The molecule has 1 aromatic carbocycles. The lowest BCUT2D eigenvalue weighted by molar-refractivity contribution is 0.0929. The molecule has 2 aromatic rings. The van der Waals surface area contributed by atoms with Crippen molar-refractivity contribution in [3.8, 4) is 0 Å². The maximum atomic E-state index is 12.4. The Morgan fingerprint density at radius 1 is 1.29 bits per heavy atom. The van der Waals surface area contributed by atoms with Gasteiger partial charge in [-0.05, 0) is 25.5 Å². The van der Waals surface area contributed by atoms with E-state index in [1.54, 1.807) is 11.3 Å². The van der Waals surface area contributed by atoms with Gasteiger partial charge in [0.1, 0.15) is 0 Å². The van der Waals surface area contributed by atoms with Gasteiger partial charge in [-0.25, -0.2) is 0 Å². The monoisotopic (exact) mass is 245 g/mol. The van der Waals surface area contributed by atoms with Gasteiger partial charge in [0, 0.05) is 21.0 Å². The molecule has 1 aliphatic rings. The number of thiophene rings is 1. The number of Topliss-reactive ketones (excluding diaryl/α,β-unsaturated/α-hetero) is 1. The van der Waals surface area contributed by atoms with Crippen molar-refractivity contribution in [1.82, 2.24) is 5.32 Å². The highest BCUT2D eigenvalue weighted by Gasteiger charge is 2.23. The summed E-state index contributed by atoms with van der Waals surface area (Å²) in [6.45, 7) is 0.971. The summed E-state index contributed by atoms with van der Waals surface area (Å²) >= 11 is 1.66. The Morgan fingerprint density at radius 2 is 2.18 bits per heavy atom. The Morgan fingerprint density at radius 3 is 3.00 bits per heavy atom. The predicted molar refractivity (Wildman–Crippen MR) is 71.8 cm³/mol. The summed E-state index contributed by atoms with van der Waals surface area (Å²) in [5.41, 5.74) is 0.894. The van der Waals surface area contributed by atoms with Crippen LogP contribution in [0.15, 0.2) is 29.6 Å². The second-order valence-corrected chi connectivity index (χ2v) is 5.42. The van der Waals surface area contributed by atoms with E-state index in [0.717, 1.165) is 30.3 Å². The molecule has 1 unspecified atom stereocenters. The van der Waals surface area contributed by atoms with Gasteiger partial charge in [0.2, 0.25) is 0 Å². The zero-order valence-electron chi connectivity index (χ0n) is 9.61. The lowest BCUT2D eigenvalue weighted by Gasteiger charge is -2.21. The molecule has 3 heteroatoms. The molecule has 1 N–H and O–H groups in total. The van der Waals surface area contributed by atoms with Crippen molar-refractivity contribution in [1.29, 1.82) is 0 Å². The van der Waals surface area contributed by atoms with Crippen LogP contribution in [0.4, 0.5) is 0 Å². The van der Waals surface area contributed by atoms with E-state index in [-0.39, 0.29) is 11.8 Å². The van der Waals surface area contributed by atoms with Crippen LogP contribution in [0.3, 0.4) is 0 Å². The van der Waals surface area contributed by atoms with Crippen LogP contribution in [0.2, 0.25) is 0 Å². The molecule has 1 aromatic heterocycles. The lowest BCUT2D eigenvalue weighted by Crippen LogP contribution is -2.40. The van der Waals surface area contributed by atoms with Gasteiger partial charge in [-0.2, -0.15) is 0 Å². The van der Waals surface area contributed by atoms with Crippen molar-refractivity contribution in [2.24, 2.45) is 0 Å². The summed E-state index contributed by atoms with van der Waals surface area (Å²) in [6, 6.07) is 8.17. The minimum atomic E-state index is 0.0294. The Kier molecular flexibility index (Phi) is 2.95. The van der Waals surface area contributed by atoms with Gasteiger partial charge in [-0.1, -0.05) is 24.6 Å². The molecule has 0 saturated carbocycles. The van der Waals surface area contributed by atoms with E-state index in [1.165, 1.54) is 11.1 Å². The van der Waals surface area contributed by atoms with Gasteiger partial charge in [-0.15, -0.1) is 11.3 Å². The molecule has 3 rings (SSSR count). The van der Waals surface area contributed by atoms with Crippen LogP contribution in [0.5, 0.6) is 0 Å². The first kappa shape index (κ1) is 10.9. The first-order valence-electron chi connectivity index (χ1n) is 6.10. The number of fused-ring (bicyclic) bond motifs is 1. The maximum Gasteiger partial charge on any atom is 0.181 e. The lowest BCUT2D eigenvalue weighted by atomic mass is 9.96. The van der Waals surface area contributed by atoms with Gasteiger partial charge in [0.15, 0.2) is 5.78 Å². The van der Waals surface area contributed by atoms with E-state index in [4.69, 9.17) is 0 Å². The first-order valence-corrected chi connectivity index (χ1v) is 6.98. The molecule has 2 nitrogen and oxygen atoms in total. The summed E-state index contributed by atoms with van der Waals surface area (Å²) in [6.07, 6.45) is 3.32. The first-order chi connectivity index (χ1) is 8.36. The number of hydrogen-bond donors (Lipinski definition) is 1. The van der Waals surface area contributed by atoms with Crippen molar-refractivity contribution in [3.63, 3.8) is 0 Å². The van der Waals surface area contributed by atoms with E-state index < -0.39 is 0 Å². The molecule has 1 fully saturated rings.